The van der Waals surface area contributed by atoms with Crippen LogP contribution in [-0.2, 0) is 4.79 Å². The average molecular weight is 477 g/mol. The zero-order valence-electron chi connectivity index (χ0n) is 17.6. The quantitative estimate of drug-likeness (QED) is 0.342. The molecule has 4 aromatic rings. The van der Waals surface area contributed by atoms with Crippen molar-refractivity contribution in [3.05, 3.63) is 100 Å². The molecule has 0 unspecified atom stereocenters. The number of fused-ring (bicyclic) bond motifs is 1. The molecule has 1 N–H and O–H groups in total. The van der Waals surface area contributed by atoms with Gasteiger partial charge < -0.3 is 14.6 Å². The molecule has 4 nitrogen and oxygen atoms in total. The molecule has 158 valence electrons. The van der Waals surface area contributed by atoms with Gasteiger partial charge in [-0.3, -0.25) is 4.79 Å². The molecule has 0 aliphatic heterocycles. The smallest absolute Gasteiger partial charge is 0.261 e. The Bertz CT molecular complexity index is 1170. The van der Waals surface area contributed by atoms with Gasteiger partial charge in [0.1, 0.15) is 5.75 Å². The standard InChI is InChI=1S/C26H25BrN2O2/c1-3-29(25(30)17-31-21-14-12-20(27)13-15-21)26(19-10-8-18(2)9-11-19)23-16-28-24-7-5-4-6-22(23)24/h4-16,26,28H,3,17H2,1-2H3/t26-/m1/s1. The summed E-state index contributed by atoms with van der Waals surface area (Å²) in [6, 6.07) is 23.9. The SMILES string of the molecule is CCN(C(=O)COc1ccc(Br)cc1)[C@H](c1ccc(C)cc1)c1c[nH]c2ccccc12. The summed E-state index contributed by atoms with van der Waals surface area (Å²) < 4.78 is 6.77. The Morgan fingerprint density at radius 2 is 1.74 bits per heavy atom. The number of hydrogen-bond acceptors (Lipinski definition) is 2. The minimum Gasteiger partial charge on any atom is -0.484 e. The number of nitrogens with zero attached hydrogens (tertiary/aromatic N) is 1. The van der Waals surface area contributed by atoms with Crippen LogP contribution in [0.1, 0.15) is 29.7 Å². The summed E-state index contributed by atoms with van der Waals surface area (Å²) in [4.78, 5) is 18.6. The van der Waals surface area contributed by atoms with Crippen LogP contribution in [0.5, 0.6) is 5.75 Å². The molecular weight excluding hydrogens is 452 g/mol. The van der Waals surface area contributed by atoms with Crippen molar-refractivity contribution in [2.45, 2.75) is 19.9 Å². The van der Waals surface area contributed by atoms with Gasteiger partial charge in [-0.05, 0) is 49.7 Å². The number of benzene rings is 3. The van der Waals surface area contributed by atoms with E-state index in [9.17, 15) is 4.79 Å². The third-order valence-electron chi connectivity index (χ3n) is 5.46. The molecule has 0 aliphatic rings. The molecule has 0 saturated carbocycles. The fraction of sp³-hybridized carbons (Fsp3) is 0.192. The number of carbonyl (C=O) groups excluding carboxylic acids is 1. The first-order valence-corrected chi connectivity index (χ1v) is 11.2. The summed E-state index contributed by atoms with van der Waals surface area (Å²) in [5.41, 5.74) is 4.41. The van der Waals surface area contributed by atoms with E-state index in [-0.39, 0.29) is 18.6 Å². The predicted octanol–water partition coefficient (Wildman–Crippen LogP) is 6.26. The van der Waals surface area contributed by atoms with Crippen LogP contribution in [0.15, 0.2) is 83.5 Å². The van der Waals surface area contributed by atoms with E-state index in [1.807, 2.05) is 54.4 Å². The van der Waals surface area contributed by atoms with Gasteiger partial charge in [-0.25, -0.2) is 0 Å². The van der Waals surface area contributed by atoms with E-state index in [2.05, 4.69) is 64.2 Å². The van der Waals surface area contributed by atoms with Crippen LogP contribution in [0.3, 0.4) is 0 Å². The van der Waals surface area contributed by atoms with E-state index in [1.165, 1.54) is 5.56 Å². The molecular formula is C26H25BrN2O2. The van der Waals surface area contributed by atoms with E-state index in [4.69, 9.17) is 4.74 Å². The Morgan fingerprint density at radius 3 is 2.45 bits per heavy atom. The molecule has 1 heterocycles. The van der Waals surface area contributed by atoms with Crippen molar-refractivity contribution < 1.29 is 9.53 Å². The lowest BCUT2D eigenvalue weighted by Gasteiger charge is -2.31. The number of ether oxygens (including phenoxy) is 1. The van der Waals surface area contributed by atoms with Gasteiger partial charge in [0.05, 0.1) is 6.04 Å². The largest absolute Gasteiger partial charge is 0.484 e. The maximum absolute atomic E-state index is 13.3. The van der Waals surface area contributed by atoms with Crippen LogP contribution in [0.4, 0.5) is 0 Å². The maximum atomic E-state index is 13.3. The molecule has 0 saturated heterocycles. The highest BCUT2D eigenvalue weighted by molar-refractivity contribution is 9.10. The number of para-hydroxylation sites is 1. The topological polar surface area (TPSA) is 45.3 Å². The second-order valence-electron chi connectivity index (χ2n) is 7.53. The molecule has 0 aliphatic carbocycles. The molecule has 5 heteroatoms. The van der Waals surface area contributed by atoms with E-state index in [0.717, 1.165) is 26.5 Å². The first-order valence-electron chi connectivity index (χ1n) is 10.4. The molecule has 0 bridgehead atoms. The number of hydrogen-bond donors (Lipinski definition) is 1. The van der Waals surface area contributed by atoms with Crippen LogP contribution in [-0.4, -0.2) is 28.9 Å². The highest BCUT2D eigenvalue weighted by Gasteiger charge is 2.28. The lowest BCUT2D eigenvalue weighted by molar-refractivity contribution is -0.134. The first kappa shape index (κ1) is 21.2. The molecule has 0 fully saturated rings. The lowest BCUT2D eigenvalue weighted by atomic mass is 9.95. The van der Waals surface area contributed by atoms with Gasteiger partial charge in [0.25, 0.3) is 5.91 Å². The maximum Gasteiger partial charge on any atom is 0.261 e. The molecule has 1 aromatic heterocycles. The number of carbonyl (C=O) groups is 1. The van der Waals surface area contributed by atoms with E-state index in [0.29, 0.717) is 12.3 Å². The summed E-state index contributed by atoms with van der Waals surface area (Å²) >= 11 is 3.42. The fourth-order valence-electron chi connectivity index (χ4n) is 3.86. The van der Waals surface area contributed by atoms with Crippen molar-refractivity contribution in [1.82, 2.24) is 9.88 Å². The van der Waals surface area contributed by atoms with Crippen molar-refractivity contribution in [3.8, 4) is 5.75 Å². The predicted molar refractivity (Wildman–Crippen MR) is 128 cm³/mol. The number of aromatic amines is 1. The number of amides is 1. The molecule has 3 aromatic carbocycles. The third kappa shape index (κ3) is 4.67. The van der Waals surface area contributed by atoms with E-state index in [1.54, 1.807) is 0 Å². The zero-order valence-corrected chi connectivity index (χ0v) is 19.2. The molecule has 0 radical (unpaired) electrons. The van der Waals surface area contributed by atoms with Crippen molar-refractivity contribution in [2.75, 3.05) is 13.2 Å². The summed E-state index contributed by atoms with van der Waals surface area (Å²) in [5.74, 6) is 0.618. The molecule has 0 spiro atoms. The van der Waals surface area contributed by atoms with Gasteiger partial charge >= 0.3 is 0 Å². The summed E-state index contributed by atoms with van der Waals surface area (Å²) in [5, 5.41) is 1.12. The highest BCUT2D eigenvalue weighted by atomic mass is 79.9. The number of nitrogens with one attached hydrogen (secondary N) is 1. The van der Waals surface area contributed by atoms with Crippen molar-refractivity contribution in [3.63, 3.8) is 0 Å². The Labute approximate surface area is 191 Å². The van der Waals surface area contributed by atoms with Gasteiger partial charge in [0.2, 0.25) is 0 Å². The van der Waals surface area contributed by atoms with E-state index >= 15 is 0 Å². The second-order valence-corrected chi connectivity index (χ2v) is 8.44. The number of aromatic nitrogens is 1. The van der Waals surface area contributed by atoms with Gasteiger partial charge in [-0.15, -0.1) is 0 Å². The minimum atomic E-state index is -0.206. The minimum absolute atomic E-state index is 0.0137. The van der Waals surface area contributed by atoms with Gasteiger partial charge in [-0.2, -0.15) is 0 Å². The molecule has 1 atom stereocenters. The third-order valence-corrected chi connectivity index (χ3v) is 5.99. The van der Waals surface area contributed by atoms with Crippen molar-refractivity contribution in [2.24, 2.45) is 0 Å². The first-order chi connectivity index (χ1) is 15.1. The van der Waals surface area contributed by atoms with Crippen molar-refractivity contribution >= 4 is 32.7 Å². The summed E-state index contributed by atoms with van der Waals surface area (Å²) in [6.07, 6.45) is 2.01. The summed E-state index contributed by atoms with van der Waals surface area (Å²) in [6.45, 7) is 4.63. The number of rotatable bonds is 7. The normalized spacial score (nSPS) is 12.0. The van der Waals surface area contributed by atoms with Crippen LogP contribution in [0, 0.1) is 6.92 Å². The van der Waals surface area contributed by atoms with Crippen LogP contribution >= 0.6 is 15.9 Å². The Kier molecular flexibility index (Phi) is 6.42. The van der Waals surface area contributed by atoms with Gasteiger partial charge in [0, 0.05) is 33.7 Å². The van der Waals surface area contributed by atoms with Gasteiger partial charge in [-0.1, -0.05) is 64.0 Å². The zero-order chi connectivity index (χ0) is 21.8. The van der Waals surface area contributed by atoms with Crippen molar-refractivity contribution in [1.29, 1.82) is 0 Å². The molecule has 31 heavy (non-hydrogen) atoms. The number of H-pyrrole nitrogens is 1. The molecule has 4 rings (SSSR count). The van der Waals surface area contributed by atoms with Crippen LogP contribution < -0.4 is 4.74 Å². The number of likely N-dealkylation sites (N-methyl/N-ethyl adjacent to an activating group) is 1. The van der Waals surface area contributed by atoms with Crippen LogP contribution in [0.2, 0.25) is 0 Å². The van der Waals surface area contributed by atoms with E-state index < -0.39 is 0 Å². The Balaban J connectivity index is 1.67. The second kappa shape index (κ2) is 9.40. The average Bonchev–Trinajstić information content (AvgIpc) is 3.21. The Hall–Kier alpha value is -3.05. The summed E-state index contributed by atoms with van der Waals surface area (Å²) in [7, 11) is 0. The fourth-order valence-corrected chi connectivity index (χ4v) is 4.12. The molecule has 1 amide bonds. The lowest BCUT2D eigenvalue weighted by Crippen LogP contribution is -2.38. The van der Waals surface area contributed by atoms with Crippen LogP contribution in [0.25, 0.3) is 10.9 Å². The monoisotopic (exact) mass is 476 g/mol. The number of aryl methyl sites for hydroxylation is 1. The highest BCUT2D eigenvalue weighted by Crippen LogP contribution is 2.34. The Morgan fingerprint density at radius 1 is 1.03 bits per heavy atom. The van der Waals surface area contributed by atoms with Gasteiger partial charge in [0.15, 0.2) is 6.61 Å². The number of halogens is 1.